The first-order valence-corrected chi connectivity index (χ1v) is 7.93. The lowest BCUT2D eigenvalue weighted by atomic mass is 9.96. The average molecular weight is 246 g/mol. The molecule has 2 atom stereocenters. The van der Waals surface area contributed by atoms with E-state index >= 15 is 0 Å². The van der Waals surface area contributed by atoms with Gasteiger partial charge in [0.25, 0.3) is 0 Å². The Morgan fingerprint density at radius 3 is 2.69 bits per heavy atom. The van der Waals surface area contributed by atoms with Crippen LogP contribution >= 0.6 is 0 Å². The Labute approximate surface area is 98.2 Å². The minimum Gasteiger partial charge on any atom is -0.315 e. The van der Waals surface area contributed by atoms with E-state index in [2.05, 4.69) is 17.0 Å². The van der Waals surface area contributed by atoms with E-state index < -0.39 is 10.0 Å². The van der Waals surface area contributed by atoms with Crippen LogP contribution in [0.25, 0.3) is 0 Å². The number of hydrogen-bond acceptors (Lipinski definition) is 3. The first kappa shape index (κ1) is 12.3. The predicted octanol–water partition coefficient (Wildman–Crippen LogP) is 0.704. The molecule has 0 bridgehead atoms. The van der Waals surface area contributed by atoms with Crippen molar-refractivity contribution < 1.29 is 8.42 Å². The molecule has 16 heavy (non-hydrogen) atoms. The SMILES string of the molecule is CC1CCNCC1NS(=O)(=O)CCC1CC1. The van der Waals surface area contributed by atoms with Crippen LogP contribution in [0, 0.1) is 11.8 Å². The van der Waals surface area contributed by atoms with Crippen molar-refractivity contribution in [1.29, 1.82) is 0 Å². The largest absolute Gasteiger partial charge is 0.315 e. The molecule has 1 saturated heterocycles. The van der Waals surface area contributed by atoms with Crippen molar-refractivity contribution in [3.8, 4) is 0 Å². The fourth-order valence-electron chi connectivity index (χ4n) is 2.17. The molecule has 2 N–H and O–H groups in total. The molecule has 1 heterocycles. The van der Waals surface area contributed by atoms with Gasteiger partial charge in [-0.1, -0.05) is 19.8 Å². The third kappa shape index (κ3) is 3.71. The van der Waals surface area contributed by atoms with Gasteiger partial charge in [0.05, 0.1) is 5.75 Å². The Hall–Kier alpha value is -0.130. The zero-order valence-electron chi connectivity index (χ0n) is 9.91. The summed E-state index contributed by atoms with van der Waals surface area (Å²) >= 11 is 0. The molecule has 2 fully saturated rings. The molecule has 0 aromatic carbocycles. The highest BCUT2D eigenvalue weighted by molar-refractivity contribution is 7.89. The van der Waals surface area contributed by atoms with Gasteiger partial charge in [-0.15, -0.1) is 0 Å². The summed E-state index contributed by atoms with van der Waals surface area (Å²) in [7, 11) is -3.06. The molecule has 1 aliphatic carbocycles. The smallest absolute Gasteiger partial charge is 0.211 e. The highest BCUT2D eigenvalue weighted by atomic mass is 32.2. The molecule has 0 aromatic heterocycles. The summed E-state index contributed by atoms with van der Waals surface area (Å²) in [5, 5.41) is 3.24. The van der Waals surface area contributed by atoms with Gasteiger partial charge >= 0.3 is 0 Å². The number of hydrogen-bond donors (Lipinski definition) is 2. The Kier molecular flexibility index (Phi) is 3.87. The second kappa shape index (κ2) is 5.02. The number of nitrogens with one attached hydrogen (secondary N) is 2. The van der Waals surface area contributed by atoms with E-state index in [1.165, 1.54) is 12.8 Å². The lowest BCUT2D eigenvalue weighted by Gasteiger charge is -2.29. The van der Waals surface area contributed by atoms with Crippen LogP contribution in [0.1, 0.15) is 32.6 Å². The van der Waals surface area contributed by atoms with Crippen molar-refractivity contribution in [3.05, 3.63) is 0 Å². The summed E-state index contributed by atoms with van der Waals surface area (Å²) in [5.74, 6) is 1.43. The van der Waals surface area contributed by atoms with Crippen molar-refractivity contribution in [2.45, 2.75) is 38.6 Å². The fraction of sp³-hybridized carbons (Fsp3) is 1.00. The Bertz CT molecular complexity index is 325. The first-order valence-electron chi connectivity index (χ1n) is 6.27. The first-order chi connectivity index (χ1) is 7.57. The van der Waals surface area contributed by atoms with Crippen LogP contribution in [0.15, 0.2) is 0 Å². The number of piperidine rings is 1. The van der Waals surface area contributed by atoms with Crippen molar-refractivity contribution >= 4 is 10.0 Å². The van der Waals surface area contributed by atoms with E-state index in [0.717, 1.165) is 25.9 Å². The molecule has 0 spiro atoms. The molecule has 1 aliphatic heterocycles. The maximum Gasteiger partial charge on any atom is 0.211 e. The molecule has 0 amide bonds. The average Bonchev–Trinajstić information content (AvgIpc) is 3.02. The molecular weight excluding hydrogens is 224 g/mol. The Balaban J connectivity index is 1.80. The van der Waals surface area contributed by atoms with Crippen molar-refractivity contribution in [1.82, 2.24) is 10.0 Å². The summed E-state index contributed by atoms with van der Waals surface area (Å²) in [6.45, 7) is 3.89. The molecule has 2 aliphatic rings. The summed E-state index contributed by atoms with van der Waals surface area (Å²) < 4.78 is 26.5. The van der Waals surface area contributed by atoms with Crippen LogP contribution in [0.3, 0.4) is 0 Å². The summed E-state index contributed by atoms with van der Waals surface area (Å²) in [4.78, 5) is 0. The van der Waals surface area contributed by atoms with Gasteiger partial charge in [0.1, 0.15) is 0 Å². The van der Waals surface area contributed by atoms with E-state index in [4.69, 9.17) is 0 Å². The van der Waals surface area contributed by atoms with Crippen LogP contribution in [0.5, 0.6) is 0 Å². The second-order valence-corrected chi connectivity index (χ2v) is 7.12. The Morgan fingerprint density at radius 2 is 2.06 bits per heavy atom. The third-order valence-corrected chi connectivity index (χ3v) is 5.09. The lowest BCUT2D eigenvalue weighted by Crippen LogP contribution is -2.50. The minimum absolute atomic E-state index is 0.0814. The molecule has 94 valence electrons. The van der Waals surface area contributed by atoms with Crippen molar-refractivity contribution in [2.24, 2.45) is 11.8 Å². The predicted molar refractivity (Wildman–Crippen MR) is 64.7 cm³/mol. The summed E-state index contributed by atoms with van der Waals surface area (Å²) in [5.41, 5.74) is 0. The van der Waals surface area contributed by atoms with E-state index in [1.807, 2.05) is 0 Å². The zero-order chi connectivity index (χ0) is 11.6. The van der Waals surface area contributed by atoms with Crippen LogP contribution in [-0.4, -0.2) is 33.3 Å². The number of sulfonamides is 1. The maximum atomic E-state index is 11.8. The number of rotatable bonds is 5. The molecule has 2 rings (SSSR count). The molecule has 4 nitrogen and oxygen atoms in total. The fourth-order valence-corrected chi connectivity index (χ4v) is 3.70. The molecule has 2 unspecified atom stereocenters. The minimum atomic E-state index is -3.06. The van der Waals surface area contributed by atoms with Crippen molar-refractivity contribution in [3.63, 3.8) is 0 Å². The van der Waals surface area contributed by atoms with Crippen LogP contribution in [0.4, 0.5) is 0 Å². The third-order valence-electron chi connectivity index (χ3n) is 3.65. The molecule has 1 saturated carbocycles. The normalized spacial score (nSPS) is 31.6. The summed E-state index contributed by atoms with van der Waals surface area (Å²) in [6.07, 6.45) is 4.33. The highest BCUT2D eigenvalue weighted by Gasteiger charge is 2.28. The van der Waals surface area contributed by atoms with Gasteiger partial charge in [-0.05, 0) is 31.2 Å². The highest BCUT2D eigenvalue weighted by Crippen LogP contribution is 2.32. The lowest BCUT2D eigenvalue weighted by molar-refractivity contribution is 0.327. The van der Waals surface area contributed by atoms with Gasteiger partial charge in [0.2, 0.25) is 10.0 Å². The zero-order valence-corrected chi connectivity index (χ0v) is 10.7. The topological polar surface area (TPSA) is 58.2 Å². The second-order valence-electron chi connectivity index (χ2n) is 5.25. The van der Waals surface area contributed by atoms with Crippen LogP contribution in [-0.2, 0) is 10.0 Å². The van der Waals surface area contributed by atoms with Gasteiger partial charge in [-0.25, -0.2) is 13.1 Å². The van der Waals surface area contributed by atoms with Gasteiger partial charge in [-0.3, -0.25) is 0 Å². The quantitative estimate of drug-likeness (QED) is 0.751. The monoisotopic (exact) mass is 246 g/mol. The van der Waals surface area contributed by atoms with Gasteiger partial charge in [0, 0.05) is 12.6 Å². The van der Waals surface area contributed by atoms with Crippen LogP contribution in [0.2, 0.25) is 0 Å². The van der Waals surface area contributed by atoms with E-state index in [-0.39, 0.29) is 6.04 Å². The van der Waals surface area contributed by atoms with E-state index in [1.54, 1.807) is 0 Å². The summed E-state index contributed by atoms with van der Waals surface area (Å²) in [6, 6.07) is 0.0814. The molecule has 0 aromatic rings. The van der Waals surface area contributed by atoms with Gasteiger partial charge < -0.3 is 5.32 Å². The van der Waals surface area contributed by atoms with E-state index in [9.17, 15) is 8.42 Å². The molecular formula is C11H22N2O2S. The van der Waals surface area contributed by atoms with Crippen LogP contribution < -0.4 is 10.0 Å². The standard InChI is InChI=1S/C11H22N2O2S/c1-9-4-6-12-8-11(9)13-16(14,15)7-5-10-2-3-10/h9-13H,2-8H2,1H3. The maximum absolute atomic E-state index is 11.8. The van der Waals surface area contributed by atoms with E-state index in [0.29, 0.717) is 17.6 Å². The van der Waals surface area contributed by atoms with Gasteiger partial charge in [0.15, 0.2) is 0 Å². The molecule has 5 heteroatoms. The molecule has 0 radical (unpaired) electrons. The Morgan fingerprint density at radius 1 is 1.31 bits per heavy atom. The van der Waals surface area contributed by atoms with Gasteiger partial charge in [-0.2, -0.15) is 0 Å². The van der Waals surface area contributed by atoms with Crippen molar-refractivity contribution in [2.75, 3.05) is 18.8 Å².